The van der Waals surface area contributed by atoms with Gasteiger partial charge in [0.1, 0.15) is 11.6 Å². The molecule has 0 saturated carbocycles. The number of nitrogens with one attached hydrogen (secondary N) is 1. The molecular weight excluding hydrogens is 338 g/mol. The molecule has 2 aromatic rings. The van der Waals surface area contributed by atoms with E-state index in [0.29, 0.717) is 37.1 Å². The Labute approximate surface area is 150 Å². The number of benzene rings is 2. The topological polar surface area (TPSA) is 49.4 Å². The molecule has 4 nitrogen and oxygen atoms in total. The SMILES string of the molecule is O=C(NCc1ccccc1F)C1CCN(C(=O)c2ccc(F)cc2)CC1. The number of hydrogen-bond donors (Lipinski definition) is 1. The lowest BCUT2D eigenvalue weighted by atomic mass is 9.95. The van der Waals surface area contributed by atoms with Crippen LogP contribution in [0.15, 0.2) is 48.5 Å². The Kier molecular flexibility index (Phi) is 5.61. The van der Waals surface area contributed by atoms with Gasteiger partial charge in [0.2, 0.25) is 5.91 Å². The third-order valence-electron chi connectivity index (χ3n) is 4.66. The summed E-state index contributed by atoms with van der Waals surface area (Å²) >= 11 is 0. The highest BCUT2D eigenvalue weighted by Gasteiger charge is 2.27. The first-order valence-electron chi connectivity index (χ1n) is 8.60. The van der Waals surface area contributed by atoms with Crippen molar-refractivity contribution in [3.05, 3.63) is 71.3 Å². The number of rotatable bonds is 4. The molecule has 1 aliphatic rings. The molecule has 0 atom stereocenters. The maximum Gasteiger partial charge on any atom is 0.253 e. The molecular formula is C20H20F2N2O2. The molecule has 3 rings (SSSR count). The predicted molar refractivity (Wildman–Crippen MR) is 93.3 cm³/mol. The summed E-state index contributed by atoms with van der Waals surface area (Å²) in [6, 6.07) is 11.8. The van der Waals surface area contributed by atoms with Gasteiger partial charge in [0.05, 0.1) is 0 Å². The zero-order valence-electron chi connectivity index (χ0n) is 14.3. The minimum Gasteiger partial charge on any atom is -0.352 e. The number of carbonyl (C=O) groups is 2. The van der Waals surface area contributed by atoms with Crippen LogP contribution in [-0.2, 0) is 11.3 Å². The van der Waals surface area contributed by atoms with Gasteiger partial charge in [-0.05, 0) is 43.2 Å². The van der Waals surface area contributed by atoms with E-state index in [1.807, 2.05) is 0 Å². The molecule has 0 unspecified atom stereocenters. The van der Waals surface area contributed by atoms with Crippen LogP contribution in [0.5, 0.6) is 0 Å². The summed E-state index contributed by atoms with van der Waals surface area (Å²) in [5.41, 5.74) is 0.888. The number of carbonyl (C=O) groups excluding carboxylic acids is 2. The Hall–Kier alpha value is -2.76. The second-order valence-corrected chi connectivity index (χ2v) is 6.38. The van der Waals surface area contributed by atoms with Crippen molar-refractivity contribution in [1.29, 1.82) is 0 Å². The average molecular weight is 358 g/mol. The fraction of sp³-hybridized carbons (Fsp3) is 0.300. The van der Waals surface area contributed by atoms with Crippen molar-refractivity contribution in [3.63, 3.8) is 0 Å². The van der Waals surface area contributed by atoms with E-state index in [0.717, 1.165) is 0 Å². The number of likely N-dealkylation sites (tertiary alicyclic amines) is 1. The minimum absolute atomic E-state index is 0.123. The number of amides is 2. The van der Waals surface area contributed by atoms with Crippen molar-refractivity contribution >= 4 is 11.8 Å². The smallest absolute Gasteiger partial charge is 0.253 e. The van der Waals surface area contributed by atoms with Gasteiger partial charge in [-0.15, -0.1) is 0 Å². The lowest BCUT2D eigenvalue weighted by Gasteiger charge is -2.31. The van der Waals surface area contributed by atoms with Crippen LogP contribution in [0, 0.1) is 17.6 Å². The second kappa shape index (κ2) is 8.08. The molecule has 2 amide bonds. The normalized spacial score (nSPS) is 14.9. The minimum atomic E-state index is -0.383. The van der Waals surface area contributed by atoms with Crippen LogP contribution in [0.3, 0.4) is 0 Å². The van der Waals surface area contributed by atoms with E-state index in [1.54, 1.807) is 23.1 Å². The van der Waals surface area contributed by atoms with Crippen molar-refractivity contribution in [2.24, 2.45) is 5.92 Å². The fourth-order valence-electron chi connectivity index (χ4n) is 3.09. The third kappa shape index (κ3) is 4.25. The number of halogens is 2. The summed E-state index contributed by atoms with van der Waals surface area (Å²) in [5, 5.41) is 2.77. The lowest BCUT2D eigenvalue weighted by Crippen LogP contribution is -2.43. The summed E-state index contributed by atoms with van der Waals surface area (Å²) in [5.74, 6) is -1.20. The molecule has 0 spiro atoms. The summed E-state index contributed by atoms with van der Waals surface area (Å²) in [6.45, 7) is 1.09. The lowest BCUT2D eigenvalue weighted by molar-refractivity contribution is -0.126. The fourth-order valence-corrected chi connectivity index (χ4v) is 3.09. The first kappa shape index (κ1) is 18.0. The zero-order chi connectivity index (χ0) is 18.5. The predicted octanol–water partition coefficient (Wildman–Crippen LogP) is 3.13. The van der Waals surface area contributed by atoms with E-state index in [9.17, 15) is 18.4 Å². The Balaban J connectivity index is 1.50. The average Bonchev–Trinajstić information content (AvgIpc) is 2.67. The van der Waals surface area contributed by atoms with Crippen LogP contribution < -0.4 is 5.32 Å². The standard InChI is InChI=1S/C20H20F2N2O2/c21-17-7-5-15(6-8-17)20(26)24-11-9-14(10-12-24)19(25)23-13-16-3-1-2-4-18(16)22/h1-8,14H,9-13H2,(H,23,25). The Bertz CT molecular complexity index is 785. The molecule has 1 N–H and O–H groups in total. The van der Waals surface area contributed by atoms with Crippen LogP contribution in [0.2, 0.25) is 0 Å². The van der Waals surface area contributed by atoms with E-state index >= 15 is 0 Å². The van der Waals surface area contributed by atoms with Crippen LogP contribution in [0.25, 0.3) is 0 Å². The molecule has 1 aliphatic heterocycles. The first-order chi connectivity index (χ1) is 12.5. The summed E-state index contributed by atoms with van der Waals surface area (Å²) in [6.07, 6.45) is 1.10. The third-order valence-corrected chi connectivity index (χ3v) is 4.66. The van der Waals surface area contributed by atoms with Crippen LogP contribution in [0.1, 0.15) is 28.8 Å². The van der Waals surface area contributed by atoms with Gasteiger partial charge in [-0.25, -0.2) is 8.78 Å². The molecule has 0 bridgehead atoms. The highest BCUT2D eigenvalue weighted by molar-refractivity contribution is 5.94. The zero-order valence-corrected chi connectivity index (χ0v) is 14.3. The van der Waals surface area contributed by atoms with Crippen molar-refractivity contribution in [1.82, 2.24) is 10.2 Å². The van der Waals surface area contributed by atoms with Crippen molar-refractivity contribution in [3.8, 4) is 0 Å². The molecule has 1 heterocycles. The van der Waals surface area contributed by atoms with Gasteiger partial charge in [0, 0.05) is 36.7 Å². The second-order valence-electron chi connectivity index (χ2n) is 6.38. The summed E-state index contributed by atoms with van der Waals surface area (Å²) < 4.78 is 26.5. The van der Waals surface area contributed by atoms with E-state index in [-0.39, 0.29) is 35.9 Å². The molecule has 1 fully saturated rings. The van der Waals surface area contributed by atoms with Gasteiger partial charge < -0.3 is 10.2 Å². The quantitative estimate of drug-likeness (QED) is 0.913. The van der Waals surface area contributed by atoms with Crippen LogP contribution >= 0.6 is 0 Å². The highest BCUT2D eigenvalue weighted by atomic mass is 19.1. The van der Waals surface area contributed by atoms with Gasteiger partial charge in [-0.1, -0.05) is 18.2 Å². The first-order valence-corrected chi connectivity index (χ1v) is 8.60. The number of piperidine rings is 1. The van der Waals surface area contributed by atoms with Gasteiger partial charge in [0.15, 0.2) is 0 Å². The molecule has 26 heavy (non-hydrogen) atoms. The van der Waals surface area contributed by atoms with E-state index in [1.165, 1.54) is 30.3 Å². The van der Waals surface area contributed by atoms with Crippen LogP contribution in [-0.4, -0.2) is 29.8 Å². The molecule has 0 aliphatic carbocycles. The summed E-state index contributed by atoms with van der Waals surface area (Å²) in [4.78, 5) is 26.4. The molecule has 1 saturated heterocycles. The Morgan fingerprint density at radius 2 is 1.65 bits per heavy atom. The molecule has 2 aromatic carbocycles. The molecule has 6 heteroatoms. The van der Waals surface area contributed by atoms with Crippen LogP contribution in [0.4, 0.5) is 8.78 Å². The molecule has 136 valence electrons. The number of hydrogen-bond acceptors (Lipinski definition) is 2. The maximum atomic E-state index is 13.6. The maximum absolute atomic E-state index is 13.6. The van der Waals surface area contributed by atoms with Gasteiger partial charge in [-0.2, -0.15) is 0 Å². The molecule has 0 radical (unpaired) electrons. The number of nitrogens with zero attached hydrogens (tertiary/aromatic N) is 1. The monoisotopic (exact) mass is 358 g/mol. The Morgan fingerprint density at radius 3 is 2.31 bits per heavy atom. The largest absolute Gasteiger partial charge is 0.352 e. The van der Waals surface area contributed by atoms with Crippen molar-refractivity contribution in [2.75, 3.05) is 13.1 Å². The van der Waals surface area contributed by atoms with Crippen molar-refractivity contribution in [2.45, 2.75) is 19.4 Å². The van der Waals surface area contributed by atoms with Gasteiger partial charge in [0.25, 0.3) is 5.91 Å². The van der Waals surface area contributed by atoms with Gasteiger partial charge in [-0.3, -0.25) is 9.59 Å². The Morgan fingerprint density at radius 1 is 1.00 bits per heavy atom. The van der Waals surface area contributed by atoms with Crippen molar-refractivity contribution < 1.29 is 18.4 Å². The van der Waals surface area contributed by atoms with E-state index < -0.39 is 0 Å². The highest BCUT2D eigenvalue weighted by Crippen LogP contribution is 2.20. The van der Waals surface area contributed by atoms with E-state index in [2.05, 4.69) is 5.32 Å². The summed E-state index contributed by atoms with van der Waals surface area (Å²) in [7, 11) is 0. The molecule has 0 aromatic heterocycles. The van der Waals surface area contributed by atoms with Gasteiger partial charge >= 0.3 is 0 Å². The van der Waals surface area contributed by atoms with E-state index in [4.69, 9.17) is 0 Å².